The molecule has 6 nitrogen and oxygen atoms in total. The summed E-state index contributed by atoms with van der Waals surface area (Å²) in [4.78, 5) is 29.0. The summed E-state index contributed by atoms with van der Waals surface area (Å²) in [5.41, 5.74) is 1.07. The predicted molar refractivity (Wildman–Crippen MR) is 90.4 cm³/mol. The number of ether oxygens (including phenoxy) is 2. The number of carbonyl (C=O) groups excluding carboxylic acids is 1. The zero-order chi connectivity index (χ0) is 17.1. The summed E-state index contributed by atoms with van der Waals surface area (Å²) >= 11 is 1.37. The Kier molecular flexibility index (Phi) is 4.61. The van der Waals surface area contributed by atoms with Gasteiger partial charge in [-0.15, -0.1) is 11.3 Å². The van der Waals surface area contributed by atoms with Crippen LogP contribution in [0.2, 0.25) is 0 Å². The monoisotopic (exact) mass is 344 g/mol. The van der Waals surface area contributed by atoms with Crippen molar-refractivity contribution in [3.63, 3.8) is 0 Å². The molecule has 0 bridgehead atoms. The van der Waals surface area contributed by atoms with Crippen molar-refractivity contribution in [2.75, 3.05) is 0 Å². The molecule has 0 aliphatic carbocycles. The molecule has 0 saturated heterocycles. The van der Waals surface area contributed by atoms with Crippen molar-refractivity contribution in [1.82, 2.24) is 9.38 Å². The van der Waals surface area contributed by atoms with Gasteiger partial charge < -0.3 is 9.47 Å². The van der Waals surface area contributed by atoms with Gasteiger partial charge in [-0.3, -0.25) is 9.20 Å². The molecule has 2 heterocycles. The highest BCUT2D eigenvalue weighted by Gasteiger charge is 2.17. The number of hydrogen-bond donors (Lipinski definition) is 0. The number of esters is 1. The van der Waals surface area contributed by atoms with Crippen molar-refractivity contribution < 1.29 is 14.3 Å². The standard InChI is InChI=1S/C17H16N2O4S/c1-11-10-24-17-18-13(8-15(20)19(11)17)9-22-16(21)12(2)23-14-6-4-3-5-7-14/h3-8,10,12H,9H2,1-2H3. The third-order valence-electron chi connectivity index (χ3n) is 3.38. The van der Waals surface area contributed by atoms with Crippen LogP contribution >= 0.6 is 11.3 Å². The third kappa shape index (κ3) is 3.46. The molecular weight excluding hydrogens is 328 g/mol. The van der Waals surface area contributed by atoms with Crippen LogP contribution in [0.1, 0.15) is 18.3 Å². The predicted octanol–water partition coefficient (Wildman–Crippen LogP) is 2.58. The lowest BCUT2D eigenvalue weighted by Gasteiger charge is -2.13. The van der Waals surface area contributed by atoms with Crippen LogP contribution in [-0.2, 0) is 16.1 Å². The number of hydrogen-bond acceptors (Lipinski definition) is 6. The maximum atomic E-state index is 12.1. The summed E-state index contributed by atoms with van der Waals surface area (Å²) < 4.78 is 12.2. The zero-order valence-corrected chi connectivity index (χ0v) is 14.1. The molecular formula is C17H16N2O4S. The van der Waals surface area contributed by atoms with Crippen LogP contribution < -0.4 is 10.3 Å². The fourth-order valence-electron chi connectivity index (χ4n) is 2.19. The molecule has 0 saturated carbocycles. The van der Waals surface area contributed by atoms with Crippen LogP contribution in [0.5, 0.6) is 5.75 Å². The molecule has 1 aromatic carbocycles. The van der Waals surface area contributed by atoms with Crippen LogP contribution in [-0.4, -0.2) is 21.5 Å². The van der Waals surface area contributed by atoms with E-state index >= 15 is 0 Å². The lowest BCUT2D eigenvalue weighted by molar-refractivity contribution is -0.152. The lowest BCUT2D eigenvalue weighted by Crippen LogP contribution is -2.26. The lowest BCUT2D eigenvalue weighted by atomic mass is 10.3. The summed E-state index contributed by atoms with van der Waals surface area (Å²) in [6.45, 7) is 3.39. The molecule has 0 spiro atoms. The normalized spacial score (nSPS) is 12.1. The van der Waals surface area contributed by atoms with E-state index in [9.17, 15) is 9.59 Å². The first kappa shape index (κ1) is 16.2. The van der Waals surface area contributed by atoms with Gasteiger partial charge in [0.15, 0.2) is 11.1 Å². The smallest absolute Gasteiger partial charge is 0.347 e. The van der Waals surface area contributed by atoms with Crippen molar-refractivity contribution >= 4 is 22.3 Å². The van der Waals surface area contributed by atoms with Crippen LogP contribution in [0, 0.1) is 6.92 Å². The quantitative estimate of drug-likeness (QED) is 0.665. The van der Waals surface area contributed by atoms with Gasteiger partial charge in [-0.2, -0.15) is 0 Å². The second kappa shape index (κ2) is 6.84. The fourth-order valence-corrected chi connectivity index (χ4v) is 3.08. The second-order valence-corrected chi connectivity index (χ2v) is 6.10. The molecule has 24 heavy (non-hydrogen) atoms. The van der Waals surface area contributed by atoms with Gasteiger partial charge in [0.05, 0.1) is 5.69 Å². The number of carbonyl (C=O) groups is 1. The van der Waals surface area contributed by atoms with E-state index in [1.54, 1.807) is 19.1 Å². The van der Waals surface area contributed by atoms with Gasteiger partial charge in [-0.1, -0.05) is 18.2 Å². The van der Waals surface area contributed by atoms with E-state index in [2.05, 4.69) is 4.98 Å². The maximum Gasteiger partial charge on any atom is 0.347 e. The summed E-state index contributed by atoms with van der Waals surface area (Å²) in [5.74, 6) is 0.0806. The summed E-state index contributed by atoms with van der Waals surface area (Å²) in [5, 5.41) is 1.86. The summed E-state index contributed by atoms with van der Waals surface area (Å²) in [7, 11) is 0. The average molecular weight is 344 g/mol. The Balaban J connectivity index is 1.65. The molecule has 1 atom stereocenters. The van der Waals surface area contributed by atoms with Gasteiger partial charge in [0.1, 0.15) is 12.4 Å². The van der Waals surface area contributed by atoms with Gasteiger partial charge in [-0.25, -0.2) is 9.78 Å². The van der Waals surface area contributed by atoms with E-state index in [4.69, 9.17) is 9.47 Å². The summed E-state index contributed by atoms with van der Waals surface area (Å²) in [6.07, 6.45) is -0.749. The molecule has 0 aliphatic heterocycles. The van der Waals surface area contributed by atoms with E-state index < -0.39 is 12.1 Å². The van der Waals surface area contributed by atoms with Crippen LogP contribution in [0.4, 0.5) is 0 Å². The number of nitrogens with zero attached hydrogens (tertiary/aromatic N) is 2. The van der Waals surface area contributed by atoms with Gasteiger partial charge in [-0.05, 0) is 26.0 Å². The Labute approximate surface area is 142 Å². The van der Waals surface area contributed by atoms with Crippen molar-refractivity contribution in [2.24, 2.45) is 0 Å². The van der Waals surface area contributed by atoms with Crippen molar-refractivity contribution in [3.05, 3.63) is 63.5 Å². The highest BCUT2D eigenvalue weighted by Crippen LogP contribution is 2.13. The van der Waals surface area contributed by atoms with Crippen molar-refractivity contribution in [2.45, 2.75) is 26.6 Å². The molecule has 0 aliphatic rings. The highest BCUT2D eigenvalue weighted by molar-refractivity contribution is 7.15. The number of aryl methyl sites for hydroxylation is 1. The van der Waals surface area contributed by atoms with Gasteiger partial charge in [0.2, 0.25) is 0 Å². The molecule has 7 heteroatoms. The molecule has 3 rings (SSSR count). The number of aromatic nitrogens is 2. The maximum absolute atomic E-state index is 12.1. The zero-order valence-electron chi connectivity index (χ0n) is 13.3. The van der Waals surface area contributed by atoms with Crippen molar-refractivity contribution in [3.8, 4) is 5.75 Å². The number of rotatable bonds is 5. The van der Waals surface area contributed by atoms with E-state index in [0.29, 0.717) is 16.4 Å². The van der Waals surface area contributed by atoms with Crippen LogP contribution in [0.15, 0.2) is 46.6 Å². The highest BCUT2D eigenvalue weighted by atomic mass is 32.1. The second-order valence-electron chi connectivity index (χ2n) is 5.26. The third-order valence-corrected chi connectivity index (χ3v) is 4.32. The minimum atomic E-state index is -0.749. The van der Waals surface area contributed by atoms with Crippen LogP contribution in [0.25, 0.3) is 4.96 Å². The molecule has 0 fully saturated rings. The Morgan fingerprint density at radius 1 is 1.33 bits per heavy atom. The van der Waals surface area contributed by atoms with Crippen LogP contribution in [0.3, 0.4) is 0 Å². The number of thiazole rings is 1. The Morgan fingerprint density at radius 3 is 2.83 bits per heavy atom. The average Bonchev–Trinajstić information content (AvgIpc) is 2.95. The first-order chi connectivity index (χ1) is 11.5. The molecule has 0 radical (unpaired) electrons. The van der Waals surface area contributed by atoms with E-state index in [1.807, 2.05) is 30.5 Å². The first-order valence-corrected chi connectivity index (χ1v) is 8.27. The topological polar surface area (TPSA) is 69.9 Å². The minimum absolute atomic E-state index is 0.0655. The molecule has 1 unspecified atom stereocenters. The molecule has 0 N–H and O–H groups in total. The Hall–Kier alpha value is -2.67. The largest absolute Gasteiger partial charge is 0.479 e. The first-order valence-electron chi connectivity index (χ1n) is 7.40. The number of benzene rings is 1. The molecule has 0 amide bonds. The molecule has 3 aromatic rings. The van der Waals surface area contributed by atoms with Gasteiger partial charge >= 0.3 is 5.97 Å². The number of para-hydroxylation sites is 1. The molecule has 124 valence electrons. The number of fused-ring (bicyclic) bond motifs is 1. The van der Waals surface area contributed by atoms with Crippen molar-refractivity contribution in [1.29, 1.82) is 0 Å². The summed E-state index contributed by atoms with van der Waals surface area (Å²) in [6, 6.07) is 10.4. The van der Waals surface area contributed by atoms with E-state index in [-0.39, 0.29) is 12.2 Å². The van der Waals surface area contributed by atoms with Gasteiger partial charge in [0.25, 0.3) is 5.56 Å². The van der Waals surface area contributed by atoms with Gasteiger partial charge in [0, 0.05) is 17.1 Å². The SMILES string of the molecule is Cc1csc2nc(COC(=O)C(C)Oc3ccccc3)cc(=O)n12. The Bertz CT molecular complexity index is 917. The Morgan fingerprint density at radius 2 is 2.08 bits per heavy atom. The van der Waals surface area contributed by atoms with E-state index in [0.717, 1.165) is 5.69 Å². The molecule has 2 aromatic heterocycles. The van der Waals surface area contributed by atoms with E-state index in [1.165, 1.54) is 21.8 Å². The minimum Gasteiger partial charge on any atom is -0.479 e. The fraction of sp³-hybridized carbons (Fsp3) is 0.235.